The zero-order valence-corrected chi connectivity index (χ0v) is 26.8. The zero-order valence-electron chi connectivity index (χ0n) is 26.8. The molecule has 2 aliphatic carbocycles. The highest BCUT2D eigenvalue weighted by atomic mass is 15.2. The van der Waals surface area contributed by atoms with Crippen molar-refractivity contribution in [2.75, 3.05) is 0 Å². The Kier molecular flexibility index (Phi) is 5.67. The summed E-state index contributed by atoms with van der Waals surface area (Å²) in [6.45, 7) is 4.73. The molecule has 4 heteroatoms. The monoisotopic (exact) mass is 608 g/mol. The predicted octanol–water partition coefficient (Wildman–Crippen LogP) is 10.4. The van der Waals surface area contributed by atoms with E-state index in [-0.39, 0.29) is 11.5 Å². The molecule has 0 N–H and O–H groups in total. The molecule has 0 radical (unpaired) electrons. The second-order valence-electron chi connectivity index (χ2n) is 14.0. The molecule has 2 aromatic heterocycles. The zero-order chi connectivity index (χ0) is 31.3. The van der Waals surface area contributed by atoms with Gasteiger partial charge in [-0.2, -0.15) is 0 Å². The lowest BCUT2D eigenvalue weighted by Gasteiger charge is -2.34. The summed E-state index contributed by atoms with van der Waals surface area (Å²) in [7, 11) is 0. The molecule has 0 spiro atoms. The third-order valence-corrected chi connectivity index (χ3v) is 11.1. The Balaban J connectivity index is 1.34. The van der Waals surface area contributed by atoms with Gasteiger partial charge in [0.1, 0.15) is 0 Å². The number of aliphatic imine (C=N–C) groups is 2. The number of nitrogens with zero attached hydrogens (tertiary/aromatic N) is 4. The van der Waals surface area contributed by atoms with E-state index in [2.05, 4.69) is 144 Å². The highest BCUT2D eigenvalue weighted by Crippen LogP contribution is 2.49. The van der Waals surface area contributed by atoms with Crippen LogP contribution in [0.2, 0.25) is 0 Å². The standard InChI is InChI=1S/C43H36N4/c1-43(2)32-20-10-12-23-37(32)46-38-25-24-30-29-18-9-11-22-36(29)47(41(30)39(38)31-19-13-21-33(43)40(31)46)42-44-34(27-14-5-3-6-15-27)26-35(45-42)28-16-7-4-8-17-28/h3-7,9-14,16,18-25,27,34H,8,15,17,26H2,1-2H3. The number of fused-ring (bicyclic) bond motifs is 9. The Morgan fingerprint density at radius 2 is 1.57 bits per heavy atom. The van der Waals surface area contributed by atoms with E-state index in [1.54, 1.807) is 0 Å². The topological polar surface area (TPSA) is 34.6 Å². The van der Waals surface area contributed by atoms with E-state index in [1.807, 2.05) is 0 Å². The highest BCUT2D eigenvalue weighted by Gasteiger charge is 2.36. The molecule has 0 amide bonds. The van der Waals surface area contributed by atoms with Crippen LogP contribution >= 0.6 is 0 Å². The largest absolute Gasteiger partial charge is 0.309 e. The van der Waals surface area contributed by atoms with Crippen molar-refractivity contribution in [1.82, 2.24) is 9.13 Å². The summed E-state index contributed by atoms with van der Waals surface area (Å²) in [5.41, 5.74) is 11.3. The number of para-hydroxylation sites is 3. The summed E-state index contributed by atoms with van der Waals surface area (Å²) in [5, 5.41) is 5.03. The molecule has 2 aliphatic heterocycles. The van der Waals surface area contributed by atoms with Crippen LogP contribution in [0.3, 0.4) is 0 Å². The number of hydrogen-bond donors (Lipinski definition) is 0. The fraction of sp³-hybridized carbons (Fsp3) is 0.209. The summed E-state index contributed by atoms with van der Waals surface area (Å²) >= 11 is 0. The molecule has 4 aromatic carbocycles. The van der Waals surface area contributed by atoms with Crippen LogP contribution < -0.4 is 0 Å². The van der Waals surface area contributed by atoms with E-state index >= 15 is 0 Å². The van der Waals surface area contributed by atoms with E-state index in [0.717, 1.165) is 37.2 Å². The molecule has 47 heavy (non-hydrogen) atoms. The van der Waals surface area contributed by atoms with E-state index < -0.39 is 0 Å². The van der Waals surface area contributed by atoms with Crippen LogP contribution in [-0.2, 0) is 5.41 Å². The third kappa shape index (κ3) is 3.76. The van der Waals surface area contributed by atoms with Gasteiger partial charge in [-0.1, -0.05) is 117 Å². The van der Waals surface area contributed by atoms with Gasteiger partial charge < -0.3 is 4.57 Å². The first-order valence-corrected chi connectivity index (χ1v) is 17.0. The first kappa shape index (κ1) is 26.9. The summed E-state index contributed by atoms with van der Waals surface area (Å²) in [6, 6.07) is 29.4. The fourth-order valence-electron chi connectivity index (χ4n) is 8.78. The maximum Gasteiger partial charge on any atom is 0.230 e. The van der Waals surface area contributed by atoms with Crippen molar-refractivity contribution in [3.63, 3.8) is 0 Å². The third-order valence-electron chi connectivity index (χ3n) is 11.1. The summed E-state index contributed by atoms with van der Waals surface area (Å²) in [6.07, 6.45) is 19.7. The SMILES string of the molecule is CC1(C)c2ccccc2-n2c3ccc4c5ccccc5n(C5=NC(C6C=CC=CC6)CC(C6=CC=CCC6)=N5)c4c3c3cccc1c32. The first-order valence-electron chi connectivity index (χ1n) is 17.0. The lowest BCUT2D eigenvalue weighted by atomic mass is 9.75. The average Bonchev–Trinajstić information content (AvgIpc) is 3.65. The smallest absolute Gasteiger partial charge is 0.230 e. The predicted molar refractivity (Wildman–Crippen MR) is 197 cm³/mol. The molecule has 0 fully saturated rings. The second kappa shape index (κ2) is 9.89. The quantitative estimate of drug-likeness (QED) is 0.187. The van der Waals surface area contributed by atoms with Gasteiger partial charge in [0.25, 0.3) is 0 Å². The number of hydrogen-bond acceptors (Lipinski definition) is 2. The first-order chi connectivity index (χ1) is 23.1. The molecule has 2 atom stereocenters. The molecular formula is C43H36N4. The van der Waals surface area contributed by atoms with Crippen molar-refractivity contribution >= 4 is 55.3 Å². The van der Waals surface area contributed by atoms with E-state index in [1.165, 1.54) is 66.2 Å². The number of benzene rings is 4. The summed E-state index contributed by atoms with van der Waals surface area (Å²) in [5.74, 6) is 1.16. The van der Waals surface area contributed by atoms with Crippen LogP contribution in [0.15, 0.2) is 137 Å². The number of aromatic nitrogens is 2. The van der Waals surface area contributed by atoms with Crippen molar-refractivity contribution in [1.29, 1.82) is 0 Å². The molecule has 10 rings (SSSR count). The molecule has 6 aromatic rings. The van der Waals surface area contributed by atoms with E-state index in [0.29, 0.717) is 5.92 Å². The summed E-state index contributed by atoms with van der Waals surface area (Å²) in [4.78, 5) is 11.0. The number of rotatable bonds is 2. The minimum Gasteiger partial charge on any atom is -0.309 e. The minimum atomic E-state index is -0.115. The molecule has 0 bridgehead atoms. The molecule has 0 saturated carbocycles. The number of allylic oxidation sites excluding steroid dienone is 7. The van der Waals surface area contributed by atoms with Crippen LogP contribution in [0.1, 0.15) is 50.7 Å². The van der Waals surface area contributed by atoms with Gasteiger partial charge in [-0.25, -0.2) is 9.98 Å². The molecule has 228 valence electrons. The Morgan fingerprint density at radius 1 is 0.723 bits per heavy atom. The maximum absolute atomic E-state index is 5.55. The Hall–Kier alpha value is -5.22. The molecule has 2 unspecified atom stereocenters. The second-order valence-corrected chi connectivity index (χ2v) is 14.0. The Bertz CT molecular complexity index is 2500. The molecule has 0 saturated heterocycles. The average molecular weight is 609 g/mol. The van der Waals surface area contributed by atoms with Crippen LogP contribution in [0.25, 0.3) is 49.3 Å². The Labute approximate surface area is 274 Å². The van der Waals surface area contributed by atoms with Gasteiger partial charge in [0.05, 0.1) is 33.8 Å². The molecular weight excluding hydrogens is 573 g/mol. The van der Waals surface area contributed by atoms with Crippen molar-refractivity contribution in [3.8, 4) is 5.69 Å². The van der Waals surface area contributed by atoms with Gasteiger partial charge in [0, 0.05) is 45.0 Å². The van der Waals surface area contributed by atoms with Crippen molar-refractivity contribution in [2.24, 2.45) is 15.9 Å². The van der Waals surface area contributed by atoms with Gasteiger partial charge in [-0.3, -0.25) is 4.57 Å². The Morgan fingerprint density at radius 3 is 2.45 bits per heavy atom. The van der Waals surface area contributed by atoms with Crippen molar-refractivity contribution in [2.45, 2.75) is 51.0 Å². The van der Waals surface area contributed by atoms with Crippen molar-refractivity contribution in [3.05, 3.63) is 138 Å². The maximum atomic E-state index is 5.55. The van der Waals surface area contributed by atoms with Gasteiger partial charge in [-0.15, -0.1) is 0 Å². The van der Waals surface area contributed by atoms with Crippen LogP contribution in [-0.4, -0.2) is 26.8 Å². The fourth-order valence-corrected chi connectivity index (χ4v) is 8.78. The van der Waals surface area contributed by atoms with Gasteiger partial charge in [-0.05, 0) is 54.2 Å². The van der Waals surface area contributed by atoms with E-state index in [4.69, 9.17) is 9.98 Å². The minimum absolute atomic E-state index is 0.115. The van der Waals surface area contributed by atoms with Crippen LogP contribution in [0.4, 0.5) is 0 Å². The van der Waals surface area contributed by atoms with Crippen LogP contribution in [0.5, 0.6) is 0 Å². The molecule has 4 heterocycles. The van der Waals surface area contributed by atoms with E-state index in [9.17, 15) is 0 Å². The highest BCUT2D eigenvalue weighted by molar-refractivity contribution is 6.29. The van der Waals surface area contributed by atoms with Crippen LogP contribution in [0, 0.1) is 5.92 Å². The lowest BCUT2D eigenvalue weighted by Crippen LogP contribution is -2.30. The normalized spacial score (nSPS) is 21.4. The molecule has 4 nitrogen and oxygen atoms in total. The molecule has 4 aliphatic rings. The lowest BCUT2D eigenvalue weighted by molar-refractivity contribution is 0.512. The van der Waals surface area contributed by atoms with Crippen molar-refractivity contribution < 1.29 is 0 Å². The van der Waals surface area contributed by atoms with Gasteiger partial charge in [0.15, 0.2) is 0 Å². The van der Waals surface area contributed by atoms with Gasteiger partial charge in [0.2, 0.25) is 5.96 Å². The summed E-state index contributed by atoms with van der Waals surface area (Å²) < 4.78 is 4.91. The van der Waals surface area contributed by atoms with Gasteiger partial charge >= 0.3 is 0 Å².